The molecule has 0 spiro atoms. The number of hydrogen-bond donors (Lipinski definition) is 0. The third kappa shape index (κ3) is 8.06. The van der Waals surface area contributed by atoms with Crippen molar-refractivity contribution in [3.63, 3.8) is 0 Å². The van der Waals surface area contributed by atoms with Crippen LogP contribution in [-0.2, 0) is 16.1 Å². The molecule has 1 aromatic rings. The molecular weight excluding hydrogens is 290 g/mol. The third-order valence-electron chi connectivity index (χ3n) is 2.99. The monoisotopic (exact) mass is 315 g/mol. The number of benzene rings is 1. The molecule has 0 atom stereocenters. The summed E-state index contributed by atoms with van der Waals surface area (Å²) in [6, 6.07) is 9.66. The summed E-state index contributed by atoms with van der Waals surface area (Å²) in [6.45, 7) is 7.93. The van der Waals surface area contributed by atoms with Crippen LogP contribution in [0.15, 0.2) is 30.3 Å². The summed E-state index contributed by atoms with van der Waals surface area (Å²) in [5.74, 6) is 5.49. The molecule has 4 heteroatoms. The Bertz CT molecular complexity index is 576. The summed E-state index contributed by atoms with van der Waals surface area (Å²) in [4.78, 5) is 25.7. The molecule has 0 saturated heterocycles. The first-order valence-corrected chi connectivity index (χ1v) is 7.75. The summed E-state index contributed by atoms with van der Waals surface area (Å²) < 4.78 is 5.43. The molecule has 124 valence electrons. The largest absolute Gasteiger partial charge is 0.444 e. The van der Waals surface area contributed by atoms with Gasteiger partial charge in [-0.3, -0.25) is 4.79 Å². The fraction of sp³-hybridized carbons (Fsp3) is 0.474. The Morgan fingerprint density at radius 1 is 1.17 bits per heavy atom. The van der Waals surface area contributed by atoms with Gasteiger partial charge in [-0.25, -0.2) is 4.79 Å². The van der Waals surface area contributed by atoms with Crippen molar-refractivity contribution in [3.05, 3.63) is 35.9 Å². The van der Waals surface area contributed by atoms with Gasteiger partial charge in [-0.1, -0.05) is 36.3 Å². The predicted molar refractivity (Wildman–Crippen MR) is 90.8 cm³/mol. The van der Waals surface area contributed by atoms with E-state index in [1.165, 1.54) is 0 Å². The number of ketones is 1. The van der Waals surface area contributed by atoms with Gasteiger partial charge in [0.2, 0.25) is 0 Å². The van der Waals surface area contributed by atoms with Crippen molar-refractivity contribution in [3.8, 4) is 11.8 Å². The molecule has 1 aromatic carbocycles. The van der Waals surface area contributed by atoms with Gasteiger partial charge >= 0.3 is 6.09 Å². The number of Topliss-reactive ketones (excluding diaryl/α,β-unsaturated/α-hetero) is 1. The summed E-state index contributed by atoms with van der Waals surface area (Å²) >= 11 is 0. The van der Waals surface area contributed by atoms with Crippen LogP contribution >= 0.6 is 0 Å². The molecule has 23 heavy (non-hydrogen) atoms. The van der Waals surface area contributed by atoms with Crippen LogP contribution < -0.4 is 0 Å². The fourth-order valence-electron chi connectivity index (χ4n) is 1.90. The van der Waals surface area contributed by atoms with Crippen molar-refractivity contribution >= 4 is 11.9 Å². The number of carbonyl (C=O) groups is 2. The molecule has 0 aromatic heterocycles. The topological polar surface area (TPSA) is 46.6 Å². The Hall–Kier alpha value is -2.28. The maximum atomic E-state index is 12.4. The van der Waals surface area contributed by atoms with E-state index in [0.717, 1.165) is 5.56 Å². The number of amides is 1. The van der Waals surface area contributed by atoms with E-state index < -0.39 is 11.7 Å². The second-order valence-electron chi connectivity index (χ2n) is 6.28. The number of rotatable bonds is 6. The highest BCUT2D eigenvalue weighted by Gasteiger charge is 2.22. The summed E-state index contributed by atoms with van der Waals surface area (Å²) in [6.07, 6.45) is 0.0980. The van der Waals surface area contributed by atoms with E-state index in [1.807, 2.05) is 51.1 Å². The van der Waals surface area contributed by atoms with Gasteiger partial charge < -0.3 is 9.64 Å². The second-order valence-corrected chi connectivity index (χ2v) is 6.28. The average molecular weight is 315 g/mol. The van der Waals surface area contributed by atoms with Crippen molar-refractivity contribution in [1.29, 1.82) is 0 Å². The molecule has 4 nitrogen and oxygen atoms in total. The zero-order valence-corrected chi connectivity index (χ0v) is 14.4. The minimum absolute atomic E-state index is 0.0287. The Morgan fingerprint density at radius 3 is 2.39 bits per heavy atom. The Balaban J connectivity index is 2.73. The van der Waals surface area contributed by atoms with Crippen molar-refractivity contribution < 1.29 is 14.3 Å². The molecule has 1 amide bonds. The normalized spacial score (nSPS) is 10.4. The number of nitrogens with zero attached hydrogens (tertiary/aromatic N) is 1. The Labute approximate surface area is 138 Å². The van der Waals surface area contributed by atoms with Crippen LogP contribution in [0.4, 0.5) is 4.79 Å². The molecule has 0 aliphatic carbocycles. The van der Waals surface area contributed by atoms with Crippen LogP contribution in [0, 0.1) is 11.8 Å². The van der Waals surface area contributed by atoms with Gasteiger partial charge in [-0.05, 0) is 33.3 Å². The van der Waals surface area contributed by atoms with Gasteiger partial charge in [-0.15, -0.1) is 5.92 Å². The van der Waals surface area contributed by atoms with Gasteiger partial charge in [0.05, 0.1) is 6.42 Å². The molecule has 0 aliphatic rings. The minimum Gasteiger partial charge on any atom is -0.444 e. The standard InChI is InChI=1S/C19H25NO3/c1-5-6-12-17(21)13-14-20(18(22)23-19(2,3)4)15-16-10-8-7-9-11-16/h7-11H,12-15H2,1-4H3. The first-order valence-electron chi connectivity index (χ1n) is 7.75. The molecule has 1 rings (SSSR count). The second kappa shape index (κ2) is 8.99. The van der Waals surface area contributed by atoms with E-state index in [4.69, 9.17) is 4.74 Å². The predicted octanol–water partition coefficient (Wildman–Crippen LogP) is 3.80. The number of hydrogen-bond acceptors (Lipinski definition) is 3. The van der Waals surface area contributed by atoms with Gasteiger partial charge in [0, 0.05) is 19.5 Å². The molecular formula is C19H25NO3. The molecule has 0 saturated carbocycles. The smallest absolute Gasteiger partial charge is 0.410 e. The number of ether oxygens (including phenoxy) is 1. The van der Waals surface area contributed by atoms with Crippen molar-refractivity contribution in [1.82, 2.24) is 4.90 Å². The average Bonchev–Trinajstić information content (AvgIpc) is 2.48. The van der Waals surface area contributed by atoms with Crippen molar-refractivity contribution in [2.75, 3.05) is 6.54 Å². The SMILES string of the molecule is CC#CCC(=O)CCN(Cc1ccccc1)C(=O)OC(C)(C)C. The van der Waals surface area contributed by atoms with E-state index in [0.29, 0.717) is 13.1 Å². The van der Waals surface area contributed by atoms with E-state index in [2.05, 4.69) is 11.8 Å². The van der Waals surface area contributed by atoms with Gasteiger partial charge in [0.1, 0.15) is 11.4 Å². The molecule has 0 fully saturated rings. The van der Waals surface area contributed by atoms with Crippen LogP contribution in [0.3, 0.4) is 0 Å². The highest BCUT2D eigenvalue weighted by Crippen LogP contribution is 2.13. The van der Waals surface area contributed by atoms with Crippen molar-refractivity contribution in [2.45, 2.75) is 52.7 Å². The van der Waals surface area contributed by atoms with Crippen LogP contribution in [0.1, 0.15) is 46.1 Å². The molecule has 0 N–H and O–H groups in total. The lowest BCUT2D eigenvalue weighted by Gasteiger charge is -2.27. The third-order valence-corrected chi connectivity index (χ3v) is 2.99. The maximum absolute atomic E-state index is 12.4. The van der Waals surface area contributed by atoms with E-state index in [9.17, 15) is 9.59 Å². The fourth-order valence-corrected chi connectivity index (χ4v) is 1.90. The summed E-state index contributed by atoms with van der Waals surface area (Å²) in [7, 11) is 0. The molecule has 0 unspecified atom stereocenters. The first-order chi connectivity index (χ1) is 10.8. The van der Waals surface area contributed by atoms with Gasteiger partial charge in [0.15, 0.2) is 0 Å². The Morgan fingerprint density at radius 2 is 1.83 bits per heavy atom. The molecule has 0 bridgehead atoms. The van der Waals surface area contributed by atoms with Gasteiger partial charge in [0.25, 0.3) is 0 Å². The molecule has 0 aliphatic heterocycles. The summed E-state index contributed by atoms with van der Waals surface area (Å²) in [5.41, 5.74) is 0.433. The lowest BCUT2D eigenvalue weighted by Crippen LogP contribution is -2.37. The van der Waals surface area contributed by atoms with Crippen LogP contribution in [0.5, 0.6) is 0 Å². The quantitative estimate of drug-likeness (QED) is 0.750. The highest BCUT2D eigenvalue weighted by atomic mass is 16.6. The zero-order valence-electron chi connectivity index (χ0n) is 14.4. The molecule has 0 heterocycles. The number of carbonyl (C=O) groups excluding carboxylic acids is 2. The lowest BCUT2D eigenvalue weighted by molar-refractivity contribution is -0.118. The van der Waals surface area contributed by atoms with E-state index in [1.54, 1.807) is 11.8 Å². The maximum Gasteiger partial charge on any atom is 0.410 e. The molecule has 0 radical (unpaired) electrons. The van der Waals surface area contributed by atoms with Crippen LogP contribution in [-0.4, -0.2) is 28.9 Å². The zero-order chi connectivity index (χ0) is 17.3. The van der Waals surface area contributed by atoms with E-state index in [-0.39, 0.29) is 18.6 Å². The Kier molecular flexibility index (Phi) is 7.34. The van der Waals surface area contributed by atoms with E-state index >= 15 is 0 Å². The first kappa shape index (κ1) is 18.8. The highest BCUT2D eigenvalue weighted by molar-refractivity contribution is 5.81. The minimum atomic E-state index is -0.566. The van der Waals surface area contributed by atoms with Gasteiger partial charge in [-0.2, -0.15) is 0 Å². The lowest BCUT2D eigenvalue weighted by atomic mass is 10.1. The summed E-state index contributed by atoms with van der Waals surface area (Å²) in [5, 5.41) is 0. The van der Waals surface area contributed by atoms with Crippen LogP contribution in [0.25, 0.3) is 0 Å². The van der Waals surface area contributed by atoms with Crippen molar-refractivity contribution in [2.24, 2.45) is 0 Å². The van der Waals surface area contributed by atoms with Crippen LogP contribution in [0.2, 0.25) is 0 Å².